The Kier molecular flexibility index (Phi) is 5.00. The summed E-state index contributed by atoms with van der Waals surface area (Å²) >= 11 is 0. The van der Waals surface area contributed by atoms with Crippen LogP contribution >= 0.6 is 0 Å². The van der Waals surface area contributed by atoms with E-state index in [0.717, 1.165) is 18.0 Å². The Hall–Kier alpha value is -4.40. The first-order chi connectivity index (χ1) is 15.0. The first-order valence-electron chi connectivity index (χ1n) is 9.24. The highest BCUT2D eigenvalue weighted by atomic mass is 16.5. The number of aromatic nitrogens is 4. The van der Waals surface area contributed by atoms with E-state index in [1.165, 1.54) is 30.6 Å². The van der Waals surface area contributed by atoms with E-state index in [1.54, 1.807) is 36.4 Å². The molecule has 9 heteroatoms. The summed E-state index contributed by atoms with van der Waals surface area (Å²) in [5, 5.41) is 0. The van der Waals surface area contributed by atoms with Gasteiger partial charge in [-0.3, -0.25) is 14.2 Å². The van der Waals surface area contributed by atoms with E-state index in [-0.39, 0.29) is 28.1 Å². The maximum atomic E-state index is 13.9. The molecule has 2 heterocycles. The Bertz CT molecular complexity index is 1230. The van der Waals surface area contributed by atoms with Gasteiger partial charge in [0, 0.05) is 11.1 Å². The fourth-order valence-electron chi connectivity index (χ4n) is 3.45. The van der Waals surface area contributed by atoms with Crippen LogP contribution in [0.5, 0.6) is 0 Å². The van der Waals surface area contributed by atoms with Crippen molar-refractivity contribution in [3.63, 3.8) is 0 Å². The number of hydrogen-bond acceptors (Lipinski definition) is 8. The minimum absolute atomic E-state index is 0.0434. The van der Waals surface area contributed by atoms with Crippen molar-refractivity contribution in [3.05, 3.63) is 84.4 Å². The maximum absolute atomic E-state index is 13.9. The van der Waals surface area contributed by atoms with Crippen molar-refractivity contribution < 1.29 is 19.1 Å². The number of carbonyl (C=O) groups is 3. The molecule has 0 spiro atoms. The molecule has 31 heavy (non-hydrogen) atoms. The minimum Gasteiger partial charge on any atom is -0.467 e. The molecule has 0 atom stereocenters. The van der Waals surface area contributed by atoms with E-state index in [2.05, 4.69) is 15.0 Å². The number of anilines is 1. The van der Waals surface area contributed by atoms with Gasteiger partial charge in [-0.15, -0.1) is 0 Å². The summed E-state index contributed by atoms with van der Waals surface area (Å²) in [7, 11) is 1.11. The highest BCUT2D eigenvalue weighted by Crippen LogP contribution is 2.32. The number of fused-ring (bicyclic) bond motifs is 1. The zero-order valence-electron chi connectivity index (χ0n) is 16.4. The van der Waals surface area contributed by atoms with Gasteiger partial charge < -0.3 is 10.5 Å². The molecule has 0 radical (unpaired) electrons. The summed E-state index contributed by atoms with van der Waals surface area (Å²) in [4.78, 5) is 53.2. The van der Waals surface area contributed by atoms with Crippen molar-refractivity contribution in [2.75, 3.05) is 12.8 Å². The Morgan fingerprint density at radius 3 is 1.94 bits per heavy atom. The second-order valence-corrected chi connectivity index (χ2v) is 6.64. The molecule has 0 aliphatic heterocycles. The van der Waals surface area contributed by atoms with Gasteiger partial charge in [0.05, 0.1) is 13.4 Å². The van der Waals surface area contributed by atoms with Gasteiger partial charge in [0.2, 0.25) is 11.6 Å². The fourth-order valence-corrected chi connectivity index (χ4v) is 3.45. The molecule has 2 aromatic heterocycles. The molecule has 0 bridgehead atoms. The standard InChI is InChI=1S/C22H17N5O4/c1-31-21(30)22(17(28)14-8-4-2-5-9-14,18(29)15-10-6-3-7-11-15)27-13-26-16-19(23)24-12-25-20(16)27/h2-13H,1H3,(H2,23,24,25). The van der Waals surface area contributed by atoms with Crippen LogP contribution in [0.2, 0.25) is 0 Å². The second kappa shape index (κ2) is 7.79. The van der Waals surface area contributed by atoms with E-state index >= 15 is 0 Å². The number of benzene rings is 2. The van der Waals surface area contributed by atoms with Crippen LogP contribution in [-0.4, -0.2) is 44.2 Å². The van der Waals surface area contributed by atoms with Crippen LogP contribution < -0.4 is 5.73 Å². The van der Waals surface area contributed by atoms with Crippen molar-refractivity contribution >= 4 is 34.5 Å². The summed E-state index contributed by atoms with van der Waals surface area (Å²) in [5.74, 6) is -2.61. The van der Waals surface area contributed by atoms with Gasteiger partial charge in [0.15, 0.2) is 11.5 Å². The smallest absolute Gasteiger partial charge is 0.348 e. The maximum Gasteiger partial charge on any atom is 0.348 e. The third-order valence-electron chi connectivity index (χ3n) is 4.93. The van der Waals surface area contributed by atoms with E-state index in [0.29, 0.717) is 0 Å². The summed E-state index contributed by atoms with van der Waals surface area (Å²) in [5.41, 5.74) is 3.91. The minimum atomic E-state index is -2.45. The Morgan fingerprint density at radius 2 is 1.42 bits per heavy atom. The average Bonchev–Trinajstić information content (AvgIpc) is 3.26. The third kappa shape index (κ3) is 3.03. The predicted molar refractivity (Wildman–Crippen MR) is 111 cm³/mol. The van der Waals surface area contributed by atoms with Crippen molar-refractivity contribution in [2.45, 2.75) is 5.54 Å². The first kappa shape index (κ1) is 19.9. The summed E-state index contributed by atoms with van der Waals surface area (Å²) in [6, 6.07) is 16.0. The van der Waals surface area contributed by atoms with Gasteiger partial charge in [-0.1, -0.05) is 60.7 Å². The summed E-state index contributed by atoms with van der Waals surface area (Å²) in [6.07, 6.45) is 2.34. The number of ketones is 2. The number of methoxy groups -OCH3 is 1. The first-order valence-corrected chi connectivity index (χ1v) is 9.24. The molecule has 0 saturated carbocycles. The fraction of sp³-hybridized carbons (Fsp3) is 0.0909. The normalized spacial score (nSPS) is 11.3. The Labute approximate surface area is 176 Å². The lowest BCUT2D eigenvalue weighted by Crippen LogP contribution is -2.55. The van der Waals surface area contributed by atoms with Crippen LogP contribution in [-0.2, 0) is 15.1 Å². The Balaban J connectivity index is 2.10. The van der Waals surface area contributed by atoms with E-state index in [1.807, 2.05) is 0 Å². The molecule has 0 aliphatic carbocycles. The van der Waals surface area contributed by atoms with Crippen LogP contribution in [0.1, 0.15) is 20.7 Å². The molecular formula is C22H17N5O4. The summed E-state index contributed by atoms with van der Waals surface area (Å²) < 4.78 is 6.11. The van der Waals surface area contributed by atoms with Crippen molar-refractivity contribution in [1.29, 1.82) is 0 Å². The molecule has 0 unspecified atom stereocenters. The number of nitrogen functional groups attached to an aromatic ring is 1. The lowest BCUT2D eigenvalue weighted by atomic mass is 9.81. The molecule has 0 amide bonds. The highest BCUT2D eigenvalue weighted by Gasteiger charge is 2.57. The van der Waals surface area contributed by atoms with Crippen molar-refractivity contribution in [1.82, 2.24) is 19.5 Å². The molecule has 0 aliphatic rings. The van der Waals surface area contributed by atoms with Gasteiger partial charge in [0.25, 0.3) is 5.54 Å². The number of nitrogens with zero attached hydrogens (tertiary/aromatic N) is 4. The van der Waals surface area contributed by atoms with Crippen LogP contribution in [0.25, 0.3) is 11.2 Å². The van der Waals surface area contributed by atoms with Gasteiger partial charge >= 0.3 is 5.97 Å². The number of esters is 1. The molecule has 0 fully saturated rings. The van der Waals surface area contributed by atoms with E-state index in [4.69, 9.17) is 10.5 Å². The van der Waals surface area contributed by atoms with Gasteiger partial charge in [0.1, 0.15) is 11.8 Å². The monoisotopic (exact) mass is 415 g/mol. The molecular weight excluding hydrogens is 398 g/mol. The molecule has 9 nitrogen and oxygen atoms in total. The molecule has 4 aromatic rings. The van der Waals surface area contributed by atoms with Crippen molar-refractivity contribution in [3.8, 4) is 0 Å². The van der Waals surface area contributed by atoms with Crippen LogP contribution in [0, 0.1) is 0 Å². The number of imidazole rings is 1. The second-order valence-electron chi connectivity index (χ2n) is 6.64. The molecule has 4 rings (SSSR count). The number of carbonyl (C=O) groups excluding carboxylic acids is 3. The lowest BCUT2D eigenvalue weighted by Gasteiger charge is -2.30. The predicted octanol–water partition coefficient (Wildman–Crippen LogP) is 2.04. The molecule has 154 valence electrons. The van der Waals surface area contributed by atoms with E-state index < -0.39 is 23.1 Å². The lowest BCUT2D eigenvalue weighted by molar-refractivity contribution is -0.146. The molecule has 2 N–H and O–H groups in total. The zero-order valence-corrected chi connectivity index (χ0v) is 16.4. The molecule has 0 saturated heterocycles. The highest BCUT2D eigenvalue weighted by molar-refractivity contribution is 6.33. The number of ether oxygens (including phenoxy) is 1. The third-order valence-corrected chi connectivity index (χ3v) is 4.93. The van der Waals surface area contributed by atoms with Crippen LogP contribution in [0.3, 0.4) is 0 Å². The number of rotatable bonds is 6. The zero-order chi connectivity index (χ0) is 22.0. The summed E-state index contributed by atoms with van der Waals surface area (Å²) in [6.45, 7) is 0. The van der Waals surface area contributed by atoms with Crippen LogP contribution in [0.15, 0.2) is 73.3 Å². The van der Waals surface area contributed by atoms with Crippen LogP contribution in [0.4, 0.5) is 5.82 Å². The van der Waals surface area contributed by atoms with E-state index in [9.17, 15) is 14.4 Å². The largest absolute Gasteiger partial charge is 0.467 e. The SMILES string of the molecule is COC(=O)C(C(=O)c1ccccc1)(C(=O)c1ccccc1)n1cnc2c(N)ncnc21. The Morgan fingerprint density at radius 1 is 0.871 bits per heavy atom. The number of Topliss-reactive ketones (excluding diaryl/α,β-unsaturated/α-hetero) is 2. The number of hydrogen-bond donors (Lipinski definition) is 1. The van der Waals surface area contributed by atoms with Gasteiger partial charge in [-0.05, 0) is 0 Å². The van der Waals surface area contributed by atoms with Gasteiger partial charge in [-0.25, -0.2) is 19.7 Å². The molecule has 2 aromatic carbocycles. The topological polar surface area (TPSA) is 130 Å². The average molecular weight is 415 g/mol. The van der Waals surface area contributed by atoms with Crippen molar-refractivity contribution in [2.24, 2.45) is 0 Å². The number of nitrogens with two attached hydrogens (primary N) is 1. The van der Waals surface area contributed by atoms with Gasteiger partial charge in [-0.2, -0.15) is 0 Å². The quantitative estimate of drug-likeness (QED) is 0.288.